The van der Waals surface area contributed by atoms with Crippen molar-refractivity contribution in [1.29, 1.82) is 0 Å². The number of halogens is 3. The zero-order valence-electron chi connectivity index (χ0n) is 20.7. The summed E-state index contributed by atoms with van der Waals surface area (Å²) in [4.78, 5) is 37.1. The van der Waals surface area contributed by atoms with Crippen molar-refractivity contribution in [2.45, 2.75) is 19.6 Å². The minimum atomic E-state index is -4.46. The number of hydrogen-bond donors (Lipinski definition) is 4. The third kappa shape index (κ3) is 6.55. The van der Waals surface area contributed by atoms with Crippen molar-refractivity contribution >= 4 is 46.1 Å². The quantitative estimate of drug-likeness (QED) is 0.163. The van der Waals surface area contributed by atoms with Crippen LogP contribution in [0.4, 0.5) is 13.2 Å². The third-order valence-electron chi connectivity index (χ3n) is 5.70. The van der Waals surface area contributed by atoms with Gasteiger partial charge in [0.1, 0.15) is 5.75 Å². The van der Waals surface area contributed by atoms with E-state index in [0.29, 0.717) is 26.4 Å². The maximum atomic E-state index is 12.8. The minimum Gasteiger partial charge on any atom is -0.506 e. The van der Waals surface area contributed by atoms with Crippen LogP contribution < -0.4 is 16.5 Å². The molecule has 2 aromatic heterocycles. The number of hydrazone groups is 1. The summed E-state index contributed by atoms with van der Waals surface area (Å²) in [5.74, 6) is -1.67. The summed E-state index contributed by atoms with van der Waals surface area (Å²) in [7, 11) is 0. The standard InChI is InChI=1S/C27H21F3N4O4S2/c1-14(19-13-39-23(22(19)35)16-6-8-18(9-7-16)27(28,29)30)33-34-26(38)21-11-10-20(40-21)25(37)32-12-15-2-4-17(5-3-15)24(31)36/h2-11,13,35H,12H2,1H3,(H2,31,36)(H,32,37)(H,34,38)/b33-14+. The number of alkyl halides is 3. The van der Waals surface area contributed by atoms with E-state index in [0.717, 1.165) is 40.4 Å². The first-order chi connectivity index (χ1) is 18.9. The second-order valence-corrected chi connectivity index (χ2v) is 10.4. The smallest absolute Gasteiger partial charge is 0.416 e. The molecule has 0 bridgehead atoms. The Hall–Kier alpha value is -4.49. The zero-order valence-corrected chi connectivity index (χ0v) is 22.3. The molecular formula is C27H21F3N4O4S2. The summed E-state index contributed by atoms with van der Waals surface area (Å²) >= 11 is 2.09. The molecule has 8 nitrogen and oxygen atoms in total. The van der Waals surface area contributed by atoms with E-state index in [2.05, 4.69) is 15.8 Å². The largest absolute Gasteiger partial charge is 0.506 e. The predicted octanol–water partition coefficient (Wildman–Crippen LogP) is 5.38. The molecule has 0 aliphatic carbocycles. The van der Waals surface area contributed by atoms with Gasteiger partial charge >= 0.3 is 6.18 Å². The number of benzene rings is 2. The number of nitrogens with one attached hydrogen (secondary N) is 2. The Bertz CT molecular complexity index is 1590. The lowest BCUT2D eigenvalue weighted by atomic mass is 10.1. The van der Waals surface area contributed by atoms with E-state index in [9.17, 15) is 32.7 Å². The predicted molar refractivity (Wildman–Crippen MR) is 147 cm³/mol. The summed E-state index contributed by atoms with van der Waals surface area (Å²) in [6.07, 6.45) is -4.46. The lowest BCUT2D eigenvalue weighted by Gasteiger charge is -2.07. The molecule has 0 saturated heterocycles. The van der Waals surface area contributed by atoms with Crippen molar-refractivity contribution in [3.8, 4) is 16.2 Å². The molecule has 2 aromatic carbocycles. The molecule has 0 aliphatic heterocycles. The molecule has 2 heterocycles. The number of rotatable bonds is 8. The molecule has 4 rings (SSSR count). The van der Waals surface area contributed by atoms with E-state index in [1.165, 1.54) is 24.3 Å². The molecule has 13 heteroatoms. The number of hydrogen-bond acceptors (Lipinski definition) is 7. The van der Waals surface area contributed by atoms with Crippen LogP contribution in [0.3, 0.4) is 0 Å². The number of nitrogens with zero attached hydrogens (tertiary/aromatic N) is 1. The fourth-order valence-corrected chi connectivity index (χ4v) is 5.34. The highest BCUT2D eigenvalue weighted by molar-refractivity contribution is 7.16. The van der Waals surface area contributed by atoms with Gasteiger partial charge in [0.15, 0.2) is 0 Å². The van der Waals surface area contributed by atoms with Crippen molar-refractivity contribution in [3.05, 3.63) is 98.1 Å². The average Bonchev–Trinajstić information content (AvgIpc) is 3.57. The maximum Gasteiger partial charge on any atom is 0.416 e. The van der Waals surface area contributed by atoms with Crippen LogP contribution in [-0.4, -0.2) is 28.5 Å². The van der Waals surface area contributed by atoms with Gasteiger partial charge in [0, 0.05) is 17.5 Å². The molecule has 0 saturated carbocycles. The van der Waals surface area contributed by atoms with Crippen LogP contribution in [0.15, 0.2) is 71.1 Å². The van der Waals surface area contributed by atoms with E-state index in [1.54, 1.807) is 36.6 Å². The average molecular weight is 587 g/mol. The van der Waals surface area contributed by atoms with Crippen LogP contribution in [0.2, 0.25) is 0 Å². The first-order valence-corrected chi connectivity index (χ1v) is 13.2. The van der Waals surface area contributed by atoms with Crippen molar-refractivity contribution in [2.24, 2.45) is 10.8 Å². The van der Waals surface area contributed by atoms with Gasteiger partial charge < -0.3 is 16.2 Å². The molecule has 0 atom stereocenters. The van der Waals surface area contributed by atoms with E-state index in [-0.39, 0.29) is 28.8 Å². The fraction of sp³-hybridized carbons (Fsp3) is 0.111. The van der Waals surface area contributed by atoms with Gasteiger partial charge in [0.05, 0.1) is 31.5 Å². The number of aromatic hydroxyl groups is 1. The summed E-state index contributed by atoms with van der Waals surface area (Å²) < 4.78 is 38.5. The Kier molecular flexibility index (Phi) is 8.35. The second kappa shape index (κ2) is 11.7. The molecule has 0 aliphatic rings. The van der Waals surface area contributed by atoms with Gasteiger partial charge in [-0.15, -0.1) is 22.7 Å². The van der Waals surface area contributed by atoms with Crippen LogP contribution in [-0.2, 0) is 12.7 Å². The summed E-state index contributed by atoms with van der Waals surface area (Å²) in [6, 6.07) is 13.9. The van der Waals surface area contributed by atoms with Gasteiger partial charge in [0.2, 0.25) is 5.91 Å². The van der Waals surface area contributed by atoms with Crippen LogP contribution in [0.5, 0.6) is 5.75 Å². The lowest BCUT2D eigenvalue weighted by molar-refractivity contribution is -0.137. The minimum absolute atomic E-state index is 0.167. The van der Waals surface area contributed by atoms with E-state index in [4.69, 9.17) is 5.73 Å². The first kappa shape index (κ1) is 28.5. The zero-order chi connectivity index (χ0) is 29.0. The number of amides is 3. The monoisotopic (exact) mass is 586 g/mol. The fourth-order valence-electron chi connectivity index (χ4n) is 3.51. The van der Waals surface area contributed by atoms with Crippen LogP contribution in [0, 0.1) is 0 Å². The summed E-state index contributed by atoms with van der Waals surface area (Å²) in [5, 5.41) is 19.0. The van der Waals surface area contributed by atoms with Crippen LogP contribution in [0.1, 0.15) is 53.3 Å². The highest BCUT2D eigenvalue weighted by atomic mass is 32.1. The van der Waals surface area contributed by atoms with Gasteiger partial charge in [-0.05, 0) is 54.4 Å². The summed E-state index contributed by atoms with van der Waals surface area (Å²) in [6.45, 7) is 1.77. The molecule has 3 amide bonds. The second-order valence-electron chi connectivity index (χ2n) is 8.45. The number of carbonyl (C=O) groups is 3. The van der Waals surface area contributed by atoms with Crippen LogP contribution >= 0.6 is 22.7 Å². The Morgan fingerprint density at radius 2 is 1.57 bits per heavy atom. The van der Waals surface area contributed by atoms with Crippen molar-refractivity contribution in [2.75, 3.05) is 0 Å². The molecule has 0 unspecified atom stereocenters. The summed E-state index contributed by atoms with van der Waals surface area (Å²) in [5.41, 5.74) is 8.92. The van der Waals surface area contributed by atoms with E-state index < -0.39 is 23.6 Å². The SMILES string of the molecule is C/C(=N\NC(=O)c1ccc(C(=O)NCc2ccc(C(N)=O)cc2)s1)c1csc(-c2ccc(C(F)(F)F)cc2)c1O. The molecule has 0 spiro atoms. The van der Waals surface area contributed by atoms with Gasteiger partial charge in [-0.25, -0.2) is 5.43 Å². The normalized spacial score (nSPS) is 11.8. The third-order valence-corrected chi connectivity index (χ3v) is 7.80. The molecule has 206 valence electrons. The van der Waals surface area contributed by atoms with E-state index in [1.807, 2.05) is 0 Å². The molecule has 4 aromatic rings. The Morgan fingerprint density at radius 1 is 0.950 bits per heavy atom. The highest BCUT2D eigenvalue weighted by Crippen LogP contribution is 2.40. The Balaban J connectivity index is 1.36. The van der Waals surface area contributed by atoms with Gasteiger partial charge in [-0.2, -0.15) is 18.3 Å². The first-order valence-electron chi connectivity index (χ1n) is 11.5. The molecule has 5 N–H and O–H groups in total. The molecule has 0 fully saturated rings. The number of nitrogens with two attached hydrogens (primary N) is 1. The Labute approximate surface area is 234 Å². The lowest BCUT2D eigenvalue weighted by Crippen LogP contribution is -2.22. The topological polar surface area (TPSA) is 134 Å². The maximum absolute atomic E-state index is 12.8. The van der Waals surface area contributed by atoms with Gasteiger partial charge in [-0.1, -0.05) is 24.3 Å². The molecule has 40 heavy (non-hydrogen) atoms. The van der Waals surface area contributed by atoms with Crippen molar-refractivity contribution < 1.29 is 32.7 Å². The van der Waals surface area contributed by atoms with Crippen molar-refractivity contribution in [3.63, 3.8) is 0 Å². The van der Waals surface area contributed by atoms with Crippen molar-refractivity contribution in [1.82, 2.24) is 10.7 Å². The number of thiophene rings is 2. The highest BCUT2D eigenvalue weighted by Gasteiger charge is 2.30. The van der Waals surface area contributed by atoms with E-state index >= 15 is 0 Å². The number of carbonyl (C=O) groups excluding carboxylic acids is 3. The van der Waals surface area contributed by atoms with Crippen LogP contribution in [0.25, 0.3) is 10.4 Å². The van der Waals surface area contributed by atoms with Gasteiger partial charge in [-0.3, -0.25) is 14.4 Å². The Morgan fingerprint density at radius 3 is 2.17 bits per heavy atom. The van der Waals surface area contributed by atoms with Gasteiger partial charge in [0.25, 0.3) is 11.8 Å². The number of primary amides is 1. The molecule has 0 radical (unpaired) electrons. The molecular weight excluding hydrogens is 565 g/mol.